The van der Waals surface area contributed by atoms with E-state index in [1.165, 1.54) is 22.3 Å². The maximum absolute atomic E-state index is 13.0. The van der Waals surface area contributed by atoms with Gasteiger partial charge in [0.25, 0.3) is 0 Å². The van der Waals surface area contributed by atoms with Gasteiger partial charge in [-0.15, -0.1) is 0 Å². The molecule has 1 N–H and O–H groups in total. The number of benzene rings is 2. The molecule has 3 aliphatic rings. The molecular weight excluding hydrogens is 915 g/mol. The van der Waals surface area contributed by atoms with Gasteiger partial charge in [-0.1, -0.05) is 0 Å². The van der Waals surface area contributed by atoms with Gasteiger partial charge in [0.15, 0.2) is 0 Å². The number of aryl methyl sites for hydroxylation is 2. The molecule has 3 aliphatic heterocycles. The molecule has 0 radical (unpaired) electrons. The number of carbonyl (C=O) groups is 4. The van der Waals surface area contributed by atoms with Crippen molar-refractivity contribution < 1.29 is 73.8 Å². The van der Waals surface area contributed by atoms with Gasteiger partial charge in [-0.05, 0) is 153 Å². The Bertz CT molecular complexity index is 2220. The minimum Gasteiger partial charge on any atom is -1.00 e. The van der Waals surface area contributed by atoms with Gasteiger partial charge in [0.05, 0.1) is 38.1 Å². The first kappa shape index (κ1) is 58.5. The van der Waals surface area contributed by atoms with Crippen LogP contribution < -0.4 is 39.0 Å². The van der Waals surface area contributed by atoms with Gasteiger partial charge in [-0.2, -0.15) is 0 Å². The number of methoxy groups -OCH3 is 2. The van der Waals surface area contributed by atoms with Crippen LogP contribution in [0.5, 0.6) is 11.5 Å². The van der Waals surface area contributed by atoms with E-state index in [0.29, 0.717) is 39.0 Å². The Morgan fingerprint density at radius 2 is 1.22 bits per heavy atom. The van der Waals surface area contributed by atoms with Crippen LogP contribution in [-0.2, 0) is 14.2 Å². The van der Waals surface area contributed by atoms with Crippen LogP contribution in [0.15, 0.2) is 61.4 Å². The molecule has 4 amide bonds. The number of halogens is 1. The quantitative estimate of drug-likeness (QED) is 0.118. The van der Waals surface area contributed by atoms with Crippen molar-refractivity contribution in [3.63, 3.8) is 0 Å². The van der Waals surface area contributed by atoms with Crippen LogP contribution in [0.4, 0.5) is 19.2 Å². The molecule has 3 saturated heterocycles. The number of piperidine rings is 2. The molecule has 0 bridgehead atoms. The maximum Gasteiger partial charge on any atom is 1.00 e. The zero-order valence-electron chi connectivity index (χ0n) is 44.1. The molecule has 2 aromatic carbocycles. The predicted octanol–water partition coefficient (Wildman–Crippen LogP) is 7.15. The first-order chi connectivity index (χ1) is 32.1. The van der Waals surface area contributed by atoms with Crippen molar-refractivity contribution in [2.75, 3.05) is 67.7 Å². The van der Waals surface area contributed by atoms with E-state index in [2.05, 4.69) is 21.0 Å². The third kappa shape index (κ3) is 18.8. The normalized spacial score (nSPS) is 15.1. The number of aromatic nitrogens is 4. The SMILES string of the molecule is C1CCOC1.CN(C(=O)Cl)C1CCN(C(=O)OC(C)(C)C)CC1.COc1ccc(-c2cn(C(=O)N(C)C3CCN(C(=O)OC(C)(C)C)CC3)cn2)cc1C.COc1ccc(-c2cnc[nH]2)cc1C.[H-].[Na+]. The Labute approximate surface area is 437 Å². The van der Waals surface area contributed by atoms with Crippen molar-refractivity contribution >= 4 is 35.2 Å². The first-order valence-corrected chi connectivity index (χ1v) is 23.5. The molecule has 7 rings (SSSR count). The van der Waals surface area contributed by atoms with Gasteiger partial charge in [-0.25, -0.2) is 24.4 Å². The number of hydrogen-bond acceptors (Lipinski definition) is 11. The van der Waals surface area contributed by atoms with Gasteiger partial charge >= 0.3 is 53.1 Å². The zero-order valence-corrected chi connectivity index (χ0v) is 45.9. The number of imidazole rings is 2. The number of amides is 4. The van der Waals surface area contributed by atoms with E-state index in [1.54, 1.807) is 68.1 Å². The molecule has 2 aromatic heterocycles. The molecule has 69 heavy (non-hydrogen) atoms. The van der Waals surface area contributed by atoms with E-state index < -0.39 is 16.6 Å². The molecule has 19 heteroatoms. The third-order valence-electron chi connectivity index (χ3n) is 11.4. The Kier molecular flexibility index (Phi) is 23.4. The molecule has 0 saturated carbocycles. The van der Waals surface area contributed by atoms with Crippen LogP contribution in [-0.4, -0.2) is 154 Å². The number of hydrogen-bond donors (Lipinski definition) is 1. The maximum atomic E-state index is 13.0. The summed E-state index contributed by atoms with van der Waals surface area (Å²) in [6.07, 6.45) is 11.6. The number of nitrogens with zero attached hydrogens (tertiary/aromatic N) is 7. The molecule has 376 valence electrons. The average Bonchev–Trinajstić information content (AvgIpc) is 4.14. The summed E-state index contributed by atoms with van der Waals surface area (Å²) >= 11 is 5.43. The van der Waals surface area contributed by atoms with Crippen molar-refractivity contribution in [2.45, 2.75) is 117 Å². The monoisotopic (exact) mass is 989 g/mol. The van der Waals surface area contributed by atoms with Gasteiger partial charge in [-0.3, -0.25) is 9.36 Å². The summed E-state index contributed by atoms with van der Waals surface area (Å²) in [5, 5.41) is -0.453. The van der Waals surface area contributed by atoms with Gasteiger partial charge < -0.3 is 49.7 Å². The van der Waals surface area contributed by atoms with E-state index in [0.717, 1.165) is 71.2 Å². The van der Waals surface area contributed by atoms with Crippen molar-refractivity contribution in [1.82, 2.24) is 39.1 Å². The fraction of sp³-hybridized carbons (Fsp3) is 0.560. The fourth-order valence-electron chi connectivity index (χ4n) is 7.59. The summed E-state index contributed by atoms with van der Waals surface area (Å²) in [5.74, 6) is 1.73. The second-order valence-corrected chi connectivity index (χ2v) is 19.3. The minimum absolute atomic E-state index is 0. The molecule has 0 unspecified atom stereocenters. The van der Waals surface area contributed by atoms with Gasteiger partial charge in [0, 0.05) is 82.9 Å². The molecule has 0 spiro atoms. The number of likely N-dealkylation sites (tertiary alicyclic amines) is 2. The summed E-state index contributed by atoms with van der Waals surface area (Å²) in [5.41, 5.74) is 4.95. The van der Waals surface area contributed by atoms with Crippen molar-refractivity contribution in [3.8, 4) is 34.0 Å². The Hall–Kier alpha value is -4.81. The molecule has 0 atom stereocenters. The van der Waals surface area contributed by atoms with E-state index in [1.807, 2.05) is 85.7 Å². The van der Waals surface area contributed by atoms with E-state index in [-0.39, 0.29) is 61.3 Å². The first-order valence-electron chi connectivity index (χ1n) is 23.2. The number of ether oxygens (including phenoxy) is 5. The number of rotatable bonds is 6. The number of carbonyl (C=O) groups excluding carboxylic acids is 4. The number of nitrogens with one attached hydrogen (secondary N) is 1. The van der Waals surface area contributed by atoms with Crippen LogP contribution in [0.25, 0.3) is 22.5 Å². The van der Waals surface area contributed by atoms with E-state index in [4.69, 9.17) is 35.3 Å². The van der Waals surface area contributed by atoms with Crippen molar-refractivity contribution in [2.24, 2.45) is 0 Å². The Morgan fingerprint density at radius 3 is 1.61 bits per heavy atom. The molecular formula is C50H74ClN8NaO9. The Morgan fingerprint density at radius 1 is 0.754 bits per heavy atom. The van der Waals surface area contributed by atoms with E-state index >= 15 is 0 Å². The van der Waals surface area contributed by atoms with Crippen molar-refractivity contribution in [1.29, 1.82) is 0 Å². The summed E-state index contributed by atoms with van der Waals surface area (Å²) in [6, 6.07) is 11.9. The zero-order chi connectivity index (χ0) is 50.2. The molecule has 5 heterocycles. The van der Waals surface area contributed by atoms with Crippen LogP contribution in [0.2, 0.25) is 0 Å². The summed E-state index contributed by atoms with van der Waals surface area (Å²) < 4.78 is 27.7. The van der Waals surface area contributed by atoms with Gasteiger partial charge in [0.2, 0.25) is 0 Å². The smallest absolute Gasteiger partial charge is 1.00 e. The standard InChI is InChI=1S/C23H32N4O4.C12H21ClN2O3.C11H12N2O.C4H8O.Na.H/c1-16-13-17(7-8-20(16)30-6)19-14-27(15-24-19)21(28)25(5)18-9-11-26(12-10-18)22(29)31-23(2,3)4;1-12(2,3)18-11(17)15-7-5-9(6-8-15)14(4)10(13)16;1-8-5-9(3-4-11(8)14-2)10-6-12-7-13-10;1-2-4-5-3-1;;/h7-8,13-15,18H,9-12H2,1-6H3;9H,5-8H2,1-4H3;3-7H,1-2H3,(H,12,13);1-4H2;;/q;;;;+1;-1. The Balaban J connectivity index is 0.000000364. The molecule has 3 fully saturated rings. The second-order valence-electron chi connectivity index (χ2n) is 19.0. The summed E-state index contributed by atoms with van der Waals surface area (Å²) in [6.45, 7) is 19.4. The molecule has 17 nitrogen and oxygen atoms in total. The average molecular weight is 990 g/mol. The number of aromatic amines is 1. The molecule has 0 aliphatic carbocycles. The van der Waals surface area contributed by atoms with Crippen LogP contribution in [0.1, 0.15) is 92.6 Å². The number of H-pyrrole nitrogens is 1. The summed E-state index contributed by atoms with van der Waals surface area (Å²) in [7, 11) is 6.80. The predicted molar refractivity (Wildman–Crippen MR) is 265 cm³/mol. The third-order valence-corrected chi connectivity index (χ3v) is 11.7. The van der Waals surface area contributed by atoms with Crippen LogP contribution in [0, 0.1) is 13.8 Å². The second kappa shape index (κ2) is 27.5. The van der Waals surface area contributed by atoms with Gasteiger partial charge in [0.1, 0.15) is 29.0 Å². The summed E-state index contributed by atoms with van der Waals surface area (Å²) in [4.78, 5) is 66.2. The van der Waals surface area contributed by atoms with Crippen LogP contribution >= 0.6 is 11.6 Å². The van der Waals surface area contributed by atoms with Crippen LogP contribution in [0.3, 0.4) is 0 Å². The van der Waals surface area contributed by atoms with Crippen molar-refractivity contribution in [3.05, 3.63) is 72.6 Å². The topological polar surface area (TPSA) is 174 Å². The molecule has 4 aromatic rings. The minimum atomic E-state index is -0.512. The fourth-order valence-corrected chi connectivity index (χ4v) is 7.73. The van der Waals surface area contributed by atoms with E-state index in [9.17, 15) is 19.2 Å². The largest absolute Gasteiger partial charge is 1.00 e.